The molecule has 1 amide bonds. The average Bonchev–Trinajstić information content (AvgIpc) is 2.88. The maximum atomic E-state index is 12.4. The van der Waals surface area contributed by atoms with Crippen molar-refractivity contribution in [1.29, 1.82) is 0 Å². The molecule has 3 rings (SSSR count). The number of nitrogens with two attached hydrogens (primary N) is 1. The fraction of sp³-hybridized carbons (Fsp3) is 0.188. The Labute approximate surface area is 137 Å². The van der Waals surface area contributed by atoms with Gasteiger partial charge in [-0.15, -0.1) is 16.4 Å². The summed E-state index contributed by atoms with van der Waals surface area (Å²) in [5.74, 6) is -0.0473. The van der Waals surface area contributed by atoms with Gasteiger partial charge in [0, 0.05) is 11.9 Å². The number of fused-ring (bicyclic) bond motifs is 1. The Balaban J connectivity index is 1.85. The second kappa shape index (κ2) is 5.85. The number of hydrogen-bond donors (Lipinski definition) is 3. The molecule has 1 aromatic carbocycles. The number of rotatable bonds is 3. The second-order valence-electron chi connectivity index (χ2n) is 5.28. The first-order chi connectivity index (χ1) is 11.0. The average molecular weight is 328 g/mol. The third kappa shape index (κ3) is 2.83. The van der Waals surface area contributed by atoms with E-state index >= 15 is 0 Å². The molecule has 4 N–H and O–H groups in total. The van der Waals surface area contributed by atoms with Crippen molar-refractivity contribution < 1.29 is 9.90 Å². The largest absolute Gasteiger partial charge is 0.508 e. The van der Waals surface area contributed by atoms with Crippen molar-refractivity contribution >= 4 is 33.1 Å². The molecule has 0 fully saturated rings. The van der Waals surface area contributed by atoms with E-state index in [4.69, 9.17) is 5.73 Å². The van der Waals surface area contributed by atoms with Crippen LogP contribution in [0.2, 0.25) is 0 Å². The van der Waals surface area contributed by atoms with E-state index in [9.17, 15) is 9.90 Å². The van der Waals surface area contributed by atoms with Gasteiger partial charge in [-0.1, -0.05) is 12.1 Å². The number of benzene rings is 1. The molecule has 0 unspecified atom stereocenters. The Bertz CT molecular complexity index is 887. The third-order valence-electron chi connectivity index (χ3n) is 3.73. The zero-order valence-electron chi connectivity index (χ0n) is 12.8. The Kier molecular flexibility index (Phi) is 3.87. The van der Waals surface area contributed by atoms with Gasteiger partial charge in [-0.25, -0.2) is 0 Å². The Morgan fingerprint density at radius 2 is 1.96 bits per heavy atom. The van der Waals surface area contributed by atoms with Gasteiger partial charge in [0.25, 0.3) is 5.91 Å². The van der Waals surface area contributed by atoms with E-state index in [1.54, 1.807) is 24.3 Å². The summed E-state index contributed by atoms with van der Waals surface area (Å²) in [4.78, 5) is 13.5. The summed E-state index contributed by atoms with van der Waals surface area (Å²) >= 11 is 1.24. The van der Waals surface area contributed by atoms with E-state index < -0.39 is 0 Å². The number of aromatic hydroxyl groups is 1. The van der Waals surface area contributed by atoms with Crippen LogP contribution in [0.15, 0.2) is 24.3 Å². The molecule has 0 saturated heterocycles. The minimum Gasteiger partial charge on any atom is -0.508 e. The first-order valence-corrected chi connectivity index (χ1v) is 7.87. The number of aromatic nitrogens is 2. The number of carbonyl (C=O) groups excluding carboxylic acids is 1. The van der Waals surface area contributed by atoms with E-state index in [0.717, 1.165) is 22.2 Å². The highest BCUT2D eigenvalue weighted by Crippen LogP contribution is 2.34. The molecular formula is C16H16N4O2S. The fourth-order valence-electron chi connectivity index (χ4n) is 2.29. The van der Waals surface area contributed by atoms with Crippen LogP contribution in [-0.4, -0.2) is 21.2 Å². The summed E-state index contributed by atoms with van der Waals surface area (Å²) in [6, 6.07) is 6.67. The third-order valence-corrected chi connectivity index (χ3v) is 4.82. The predicted octanol–water partition coefficient (Wildman–Crippen LogP) is 2.53. The van der Waals surface area contributed by atoms with E-state index in [-0.39, 0.29) is 11.7 Å². The Morgan fingerprint density at radius 3 is 2.65 bits per heavy atom. The van der Waals surface area contributed by atoms with Crippen molar-refractivity contribution in [1.82, 2.24) is 15.5 Å². The van der Waals surface area contributed by atoms with Crippen LogP contribution < -0.4 is 11.1 Å². The first kappa shape index (κ1) is 15.2. The molecule has 0 aliphatic rings. The summed E-state index contributed by atoms with van der Waals surface area (Å²) in [5, 5.41) is 21.1. The number of nitrogens with one attached hydrogen (secondary N) is 1. The number of amides is 1. The Hall–Kier alpha value is -2.67. The molecule has 0 bridgehead atoms. The number of aryl methyl sites for hydroxylation is 2. The van der Waals surface area contributed by atoms with E-state index in [2.05, 4.69) is 15.5 Å². The van der Waals surface area contributed by atoms with Crippen molar-refractivity contribution in [3.63, 3.8) is 0 Å². The number of carbonyl (C=O) groups is 1. The number of phenolic OH excluding ortho intramolecular Hbond substituents is 1. The van der Waals surface area contributed by atoms with Crippen LogP contribution in [0, 0.1) is 13.8 Å². The summed E-state index contributed by atoms with van der Waals surface area (Å²) < 4.78 is 0. The zero-order chi connectivity index (χ0) is 16.6. The van der Waals surface area contributed by atoms with Gasteiger partial charge in [-0.05, 0) is 37.1 Å². The molecular weight excluding hydrogens is 312 g/mol. The van der Waals surface area contributed by atoms with E-state index in [0.29, 0.717) is 21.9 Å². The van der Waals surface area contributed by atoms with Crippen molar-refractivity contribution in [3.05, 3.63) is 46.0 Å². The van der Waals surface area contributed by atoms with Gasteiger partial charge in [-0.2, -0.15) is 5.10 Å². The lowest BCUT2D eigenvalue weighted by Crippen LogP contribution is -2.22. The molecule has 0 radical (unpaired) electrons. The van der Waals surface area contributed by atoms with Crippen LogP contribution in [-0.2, 0) is 6.54 Å². The van der Waals surface area contributed by atoms with Crippen molar-refractivity contribution in [2.45, 2.75) is 20.4 Å². The highest BCUT2D eigenvalue weighted by molar-refractivity contribution is 7.21. The lowest BCUT2D eigenvalue weighted by atomic mass is 10.1. The molecule has 7 heteroatoms. The molecule has 0 saturated carbocycles. The molecule has 118 valence electrons. The monoisotopic (exact) mass is 328 g/mol. The van der Waals surface area contributed by atoms with Gasteiger partial charge in [0.15, 0.2) is 0 Å². The van der Waals surface area contributed by atoms with Crippen LogP contribution in [0.3, 0.4) is 0 Å². The van der Waals surface area contributed by atoms with Crippen LogP contribution in [0.1, 0.15) is 26.5 Å². The number of nitrogens with zero attached hydrogens (tertiary/aromatic N) is 2. The van der Waals surface area contributed by atoms with Crippen molar-refractivity contribution in [3.8, 4) is 5.75 Å². The quantitative estimate of drug-likeness (QED) is 0.686. The summed E-state index contributed by atoms with van der Waals surface area (Å²) in [6.45, 7) is 4.15. The first-order valence-electron chi connectivity index (χ1n) is 7.05. The van der Waals surface area contributed by atoms with Gasteiger partial charge < -0.3 is 16.2 Å². The standard InChI is InChI=1S/C16H16N4O2S/c1-8-9(2)19-20-16-12(8)13(17)14(23-16)15(22)18-7-10-3-5-11(21)6-4-10/h3-6,21H,7,17H2,1-2H3,(H,18,22). The summed E-state index contributed by atoms with van der Waals surface area (Å²) in [5.41, 5.74) is 9.24. The summed E-state index contributed by atoms with van der Waals surface area (Å²) in [6.07, 6.45) is 0. The molecule has 0 aliphatic carbocycles. The fourth-order valence-corrected chi connectivity index (χ4v) is 3.30. The van der Waals surface area contributed by atoms with Crippen molar-refractivity contribution in [2.75, 3.05) is 5.73 Å². The second-order valence-corrected chi connectivity index (χ2v) is 6.28. The SMILES string of the molecule is Cc1nnc2sc(C(=O)NCc3ccc(O)cc3)c(N)c2c1C. The molecule has 0 aliphatic heterocycles. The topological polar surface area (TPSA) is 101 Å². The lowest BCUT2D eigenvalue weighted by molar-refractivity contribution is 0.0956. The predicted molar refractivity (Wildman–Crippen MR) is 90.6 cm³/mol. The van der Waals surface area contributed by atoms with Crippen molar-refractivity contribution in [2.24, 2.45) is 0 Å². The van der Waals surface area contributed by atoms with Crippen LogP contribution >= 0.6 is 11.3 Å². The van der Waals surface area contributed by atoms with E-state index in [1.165, 1.54) is 11.3 Å². The molecule has 0 atom stereocenters. The van der Waals surface area contributed by atoms with E-state index in [1.807, 2.05) is 13.8 Å². The number of nitrogen functional groups attached to an aromatic ring is 1. The highest BCUT2D eigenvalue weighted by atomic mass is 32.1. The molecule has 6 nitrogen and oxygen atoms in total. The minimum absolute atomic E-state index is 0.193. The van der Waals surface area contributed by atoms with Crippen LogP contribution in [0.25, 0.3) is 10.2 Å². The number of anilines is 1. The van der Waals surface area contributed by atoms with Gasteiger partial charge in [-0.3, -0.25) is 4.79 Å². The highest BCUT2D eigenvalue weighted by Gasteiger charge is 2.19. The molecule has 3 aromatic rings. The normalized spacial score (nSPS) is 10.9. The van der Waals surface area contributed by atoms with Gasteiger partial charge in [0.2, 0.25) is 0 Å². The summed E-state index contributed by atoms with van der Waals surface area (Å²) in [7, 11) is 0. The maximum Gasteiger partial charge on any atom is 0.263 e. The molecule has 2 aromatic heterocycles. The van der Waals surface area contributed by atoms with Gasteiger partial charge in [0.05, 0.1) is 11.4 Å². The van der Waals surface area contributed by atoms with Gasteiger partial charge in [0.1, 0.15) is 15.5 Å². The number of hydrogen-bond acceptors (Lipinski definition) is 6. The van der Waals surface area contributed by atoms with Gasteiger partial charge >= 0.3 is 0 Å². The minimum atomic E-state index is -0.240. The molecule has 23 heavy (non-hydrogen) atoms. The number of thiophene rings is 1. The van der Waals surface area contributed by atoms with Crippen LogP contribution in [0.5, 0.6) is 5.75 Å². The van der Waals surface area contributed by atoms with Crippen LogP contribution in [0.4, 0.5) is 5.69 Å². The Morgan fingerprint density at radius 1 is 1.26 bits per heavy atom. The zero-order valence-corrected chi connectivity index (χ0v) is 13.6. The molecule has 2 heterocycles. The smallest absolute Gasteiger partial charge is 0.263 e. The maximum absolute atomic E-state index is 12.4. The molecule has 0 spiro atoms. The number of phenols is 1. The lowest BCUT2D eigenvalue weighted by Gasteiger charge is -2.05.